The molecule has 8 heteroatoms. The van der Waals surface area contributed by atoms with Crippen LogP contribution in [-0.2, 0) is 23.3 Å². The smallest absolute Gasteiger partial charge is 0.282 e. The summed E-state index contributed by atoms with van der Waals surface area (Å²) in [4.78, 5) is 4.20. The van der Waals surface area contributed by atoms with Gasteiger partial charge in [-0.15, -0.1) is 0 Å². The zero-order valence-electron chi connectivity index (χ0n) is 12.8. The van der Waals surface area contributed by atoms with E-state index in [9.17, 15) is 8.42 Å². The molecule has 1 aromatic heterocycles. The number of rotatable bonds is 8. The highest BCUT2D eigenvalue weighted by atomic mass is 32.2. The number of imidazole rings is 1. The van der Waals surface area contributed by atoms with Gasteiger partial charge in [-0.25, -0.2) is 4.98 Å². The molecule has 0 fully saturated rings. The Balaban J connectivity index is 1.86. The number of fused-ring (bicyclic) bond motifs is 1. The van der Waals surface area contributed by atoms with Crippen LogP contribution in [0.1, 0.15) is 25.6 Å². The van der Waals surface area contributed by atoms with E-state index in [1.165, 1.54) is 8.61 Å². The lowest BCUT2D eigenvalue weighted by Crippen LogP contribution is -2.46. The van der Waals surface area contributed by atoms with Gasteiger partial charge in [0.05, 0.1) is 6.54 Å². The van der Waals surface area contributed by atoms with Crippen molar-refractivity contribution in [2.75, 3.05) is 33.2 Å². The second-order valence-corrected chi connectivity index (χ2v) is 7.34. The summed E-state index contributed by atoms with van der Waals surface area (Å²) in [5.41, 5.74) is 0. The van der Waals surface area contributed by atoms with Gasteiger partial charge in [0, 0.05) is 39.1 Å². The number of hydrogen-bond donors (Lipinski definition) is 1. The average molecular weight is 315 g/mol. The van der Waals surface area contributed by atoms with Gasteiger partial charge < -0.3 is 9.88 Å². The topological polar surface area (TPSA) is 70.5 Å². The molecule has 0 atom stereocenters. The maximum absolute atomic E-state index is 12.5. The fourth-order valence-corrected chi connectivity index (χ4v) is 3.73. The van der Waals surface area contributed by atoms with Crippen LogP contribution in [0.4, 0.5) is 0 Å². The molecule has 0 saturated heterocycles. The van der Waals surface area contributed by atoms with E-state index in [1.54, 1.807) is 13.2 Å². The molecule has 1 aromatic rings. The monoisotopic (exact) mass is 315 g/mol. The van der Waals surface area contributed by atoms with Gasteiger partial charge in [0.2, 0.25) is 0 Å². The fourth-order valence-electron chi connectivity index (χ4n) is 2.39. The van der Waals surface area contributed by atoms with Gasteiger partial charge in [-0.05, 0) is 25.9 Å². The van der Waals surface area contributed by atoms with Crippen LogP contribution in [-0.4, -0.2) is 59.8 Å². The second kappa shape index (κ2) is 7.35. The highest BCUT2D eigenvalue weighted by Gasteiger charge is 2.30. The summed E-state index contributed by atoms with van der Waals surface area (Å²) in [6, 6.07) is 0. The molecule has 21 heavy (non-hydrogen) atoms. The fraction of sp³-hybridized carbons (Fsp3) is 0.769. The molecular weight excluding hydrogens is 290 g/mol. The Labute approximate surface area is 127 Å². The van der Waals surface area contributed by atoms with Crippen LogP contribution in [0.3, 0.4) is 0 Å². The first-order valence-corrected chi connectivity index (χ1v) is 8.87. The van der Waals surface area contributed by atoms with Gasteiger partial charge in [-0.3, -0.25) is 0 Å². The van der Waals surface area contributed by atoms with Crippen LogP contribution in [0.15, 0.2) is 12.4 Å². The third-order valence-electron chi connectivity index (χ3n) is 3.68. The van der Waals surface area contributed by atoms with Crippen molar-refractivity contribution in [1.29, 1.82) is 0 Å². The Morgan fingerprint density at radius 3 is 2.95 bits per heavy atom. The van der Waals surface area contributed by atoms with Crippen LogP contribution >= 0.6 is 0 Å². The summed E-state index contributed by atoms with van der Waals surface area (Å²) in [7, 11) is -1.74. The first-order valence-electron chi connectivity index (χ1n) is 7.48. The van der Waals surface area contributed by atoms with E-state index >= 15 is 0 Å². The van der Waals surface area contributed by atoms with Crippen molar-refractivity contribution in [3.63, 3.8) is 0 Å². The maximum atomic E-state index is 12.5. The van der Waals surface area contributed by atoms with Gasteiger partial charge in [-0.1, -0.05) is 6.92 Å². The van der Waals surface area contributed by atoms with Gasteiger partial charge in [0.15, 0.2) is 0 Å². The lowest BCUT2D eigenvalue weighted by atomic mass is 10.4. The van der Waals surface area contributed by atoms with Crippen LogP contribution < -0.4 is 5.32 Å². The molecule has 0 aromatic carbocycles. The number of nitrogens with one attached hydrogen (secondary N) is 1. The van der Waals surface area contributed by atoms with Crippen molar-refractivity contribution in [3.05, 3.63) is 18.2 Å². The zero-order valence-corrected chi connectivity index (χ0v) is 13.6. The SMILES string of the molecule is CCCNCCCN(C)S(=O)(=O)N1CCn2ccnc2C1. The lowest BCUT2D eigenvalue weighted by molar-refractivity contribution is 0.305. The van der Waals surface area contributed by atoms with Crippen molar-refractivity contribution >= 4 is 10.2 Å². The normalized spacial score (nSPS) is 16.3. The van der Waals surface area contributed by atoms with Gasteiger partial charge in [0.25, 0.3) is 10.2 Å². The summed E-state index contributed by atoms with van der Waals surface area (Å²) in [5, 5.41) is 3.28. The van der Waals surface area contributed by atoms with Gasteiger partial charge >= 0.3 is 0 Å². The summed E-state index contributed by atoms with van der Waals surface area (Å²) >= 11 is 0. The molecule has 7 nitrogen and oxygen atoms in total. The highest BCUT2D eigenvalue weighted by molar-refractivity contribution is 7.86. The van der Waals surface area contributed by atoms with Crippen molar-refractivity contribution in [3.8, 4) is 0 Å². The standard InChI is InChI=1S/C13H25N5O2S/c1-3-5-14-6-4-8-16(2)21(19,20)18-11-10-17-9-7-15-13(17)12-18/h7,9,14H,3-6,8,10-12H2,1-2H3. The van der Waals surface area contributed by atoms with Crippen LogP contribution in [0.5, 0.6) is 0 Å². The van der Waals surface area contributed by atoms with Crippen molar-refractivity contribution < 1.29 is 8.42 Å². The minimum atomic E-state index is -3.39. The summed E-state index contributed by atoms with van der Waals surface area (Å²) in [6.07, 6.45) is 5.52. The van der Waals surface area contributed by atoms with Crippen molar-refractivity contribution in [1.82, 2.24) is 23.5 Å². The average Bonchev–Trinajstić information content (AvgIpc) is 2.94. The number of aromatic nitrogens is 2. The minimum absolute atomic E-state index is 0.355. The van der Waals surface area contributed by atoms with E-state index < -0.39 is 10.2 Å². The molecule has 0 saturated carbocycles. The molecule has 1 aliphatic heterocycles. The largest absolute Gasteiger partial charge is 0.333 e. The predicted molar refractivity (Wildman–Crippen MR) is 82.0 cm³/mol. The Morgan fingerprint density at radius 1 is 1.38 bits per heavy atom. The van der Waals surface area contributed by atoms with Crippen LogP contribution in [0, 0.1) is 0 Å². The Kier molecular flexibility index (Phi) is 5.74. The van der Waals surface area contributed by atoms with Crippen LogP contribution in [0.25, 0.3) is 0 Å². The Morgan fingerprint density at radius 2 is 2.19 bits per heavy atom. The van der Waals surface area contributed by atoms with E-state index in [4.69, 9.17) is 0 Å². The minimum Gasteiger partial charge on any atom is -0.333 e. The molecule has 0 spiro atoms. The molecule has 0 bridgehead atoms. The summed E-state index contributed by atoms with van der Waals surface area (Å²) in [5.74, 6) is 0.808. The van der Waals surface area contributed by atoms with Crippen LogP contribution in [0.2, 0.25) is 0 Å². The molecule has 2 rings (SSSR count). The molecule has 0 amide bonds. The van der Waals surface area contributed by atoms with E-state index in [-0.39, 0.29) is 0 Å². The molecule has 0 aliphatic carbocycles. The molecule has 120 valence electrons. The summed E-state index contributed by atoms with van der Waals surface area (Å²) < 4.78 is 30.0. The van der Waals surface area contributed by atoms with E-state index in [2.05, 4.69) is 17.2 Å². The van der Waals surface area contributed by atoms with Crippen molar-refractivity contribution in [2.24, 2.45) is 0 Å². The summed E-state index contributed by atoms with van der Waals surface area (Å²) in [6.45, 7) is 6.00. The maximum Gasteiger partial charge on any atom is 0.282 e. The van der Waals surface area contributed by atoms with Gasteiger partial charge in [0.1, 0.15) is 5.82 Å². The molecule has 1 N–H and O–H groups in total. The third-order valence-corrected chi connectivity index (χ3v) is 5.62. The van der Waals surface area contributed by atoms with E-state index in [1.807, 2.05) is 10.8 Å². The molecule has 0 unspecified atom stereocenters. The number of hydrogen-bond acceptors (Lipinski definition) is 4. The second-order valence-electron chi connectivity index (χ2n) is 5.30. The molecule has 2 heterocycles. The first kappa shape index (κ1) is 16.4. The lowest BCUT2D eigenvalue weighted by Gasteiger charge is -2.30. The quantitative estimate of drug-likeness (QED) is 0.699. The third kappa shape index (κ3) is 4.03. The molecular formula is C13H25N5O2S. The molecule has 1 aliphatic rings. The number of nitrogens with zero attached hydrogens (tertiary/aromatic N) is 4. The zero-order chi connectivity index (χ0) is 15.3. The molecule has 0 radical (unpaired) electrons. The van der Waals surface area contributed by atoms with Crippen molar-refractivity contribution in [2.45, 2.75) is 32.9 Å². The van der Waals surface area contributed by atoms with E-state index in [0.29, 0.717) is 26.2 Å². The Hall–Kier alpha value is -0.960. The van der Waals surface area contributed by atoms with Gasteiger partial charge in [-0.2, -0.15) is 17.0 Å². The Bertz CT molecular complexity index is 543. The van der Waals surface area contributed by atoms with E-state index in [0.717, 1.165) is 31.8 Å². The first-order chi connectivity index (χ1) is 10.1. The predicted octanol–water partition coefficient (Wildman–Crippen LogP) is 0.265. The highest BCUT2D eigenvalue weighted by Crippen LogP contribution is 2.16.